The van der Waals surface area contributed by atoms with E-state index in [0.717, 1.165) is 9.25 Å². The smallest absolute Gasteiger partial charge is 0.346 e. The minimum Gasteiger partial charge on any atom is -0.361 e. The molecule has 17 heavy (non-hydrogen) atoms. The molecule has 1 unspecified atom stereocenters. The summed E-state index contributed by atoms with van der Waals surface area (Å²) >= 11 is 0. The lowest BCUT2D eigenvalue weighted by Crippen LogP contribution is -2.42. The number of aryl methyl sites for hydroxylation is 1. The molecule has 1 N–H and O–H groups in total. The summed E-state index contributed by atoms with van der Waals surface area (Å²) in [4.78, 5) is 23.3. The Kier molecular flexibility index (Phi) is 3.45. The summed E-state index contributed by atoms with van der Waals surface area (Å²) in [6.45, 7) is 8.18. The van der Waals surface area contributed by atoms with E-state index >= 15 is 0 Å². The highest BCUT2D eigenvalue weighted by Gasteiger charge is 2.21. The van der Waals surface area contributed by atoms with Crippen LogP contribution < -0.4 is 16.6 Å². The summed E-state index contributed by atoms with van der Waals surface area (Å²) in [7, 11) is 2.97. The molecule has 6 nitrogen and oxygen atoms in total. The van der Waals surface area contributed by atoms with Gasteiger partial charge < -0.3 is 5.32 Å². The van der Waals surface area contributed by atoms with E-state index in [1.165, 1.54) is 14.1 Å². The van der Waals surface area contributed by atoms with Gasteiger partial charge in [-0.15, -0.1) is 5.10 Å². The number of nitrogens with one attached hydrogen (secondary N) is 1. The maximum absolute atomic E-state index is 11.8. The predicted octanol–water partition coefficient (Wildman–Crippen LogP) is 0.325. The summed E-state index contributed by atoms with van der Waals surface area (Å²) in [6.07, 6.45) is 0. The molecule has 0 aliphatic rings. The van der Waals surface area contributed by atoms with Gasteiger partial charge in [0.15, 0.2) is 0 Å². The molecule has 0 saturated heterocycles. The molecule has 1 aromatic heterocycles. The van der Waals surface area contributed by atoms with Crippen LogP contribution in [-0.4, -0.2) is 20.4 Å². The quantitative estimate of drug-likeness (QED) is 0.808. The van der Waals surface area contributed by atoms with E-state index in [1.54, 1.807) is 0 Å². The highest BCUT2D eigenvalue weighted by atomic mass is 16.2. The van der Waals surface area contributed by atoms with Gasteiger partial charge in [-0.3, -0.25) is 9.36 Å². The molecule has 0 aromatic carbocycles. The molecule has 0 radical (unpaired) electrons. The average molecular weight is 240 g/mol. The van der Waals surface area contributed by atoms with Crippen LogP contribution in [0, 0.1) is 5.41 Å². The molecule has 1 aromatic rings. The molecular weight excluding hydrogens is 220 g/mol. The Morgan fingerprint density at radius 2 is 1.76 bits per heavy atom. The van der Waals surface area contributed by atoms with E-state index in [2.05, 4.69) is 31.2 Å². The largest absolute Gasteiger partial charge is 0.361 e. The van der Waals surface area contributed by atoms with E-state index in [-0.39, 0.29) is 17.3 Å². The zero-order valence-corrected chi connectivity index (χ0v) is 11.2. The van der Waals surface area contributed by atoms with Crippen molar-refractivity contribution < 1.29 is 0 Å². The Morgan fingerprint density at radius 1 is 1.24 bits per heavy atom. The number of nitrogens with zero attached hydrogens (tertiary/aromatic N) is 3. The van der Waals surface area contributed by atoms with Crippen LogP contribution in [0.5, 0.6) is 0 Å². The van der Waals surface area contributed by atoms with Crippen molar-refractivity contribution in [1.82, 2.24) is 14.3 Å². The molecule has 96 valence electrons. The molecule has 0 amide bonds. The second-order valence-electron chi connectivity index (χ2n) is 5.35. The molecule has 0 saturated carbocycles. The maximum atomic E-state index is 11.8. The fourth-order valence-electron chi connectivity index (χ4n) is 1.21. The third kappa shape index (κ3) is 2.75. The van der Waals surface area contributed by atoms with Gasteiger partial charge in [0.1, 0.15) is 0 Å². The molecule has 1 heterocycles. The first-order chi connectivity index (χ1) is 7.64. The summed E-state index contributed by atoms with van der Waals surface area (Å²) in [5, 5.41) is 7.00. The lowest BCUT2D eigenvalue weighted by Gasteiger charge is -2.28. The third-order valence-electron chi connectivity index (χ3n) is 2.97. The molecule has 0 aliphatic carbocycles. The topological polar surface area (TPSA) is 68.9 Å². The second kappa shape index (κ2) is 4.35. The van der Waals surface area contributed by atoms with Crippen LogP contribution in [0.4, 0.5) is 5.82 Å². The van der Waals surface area contributed by atoms with Crippen LogP contribution in [0.25, 0.3) is 0 Å². The maximum Gasteiger partial charge on any atom is 0.346 e. The van der Waals surface area contributed by atoms with Gasteiger partial charge in [-0.05, 0) is 12.3 Å². The van der Waals surface area contributed by atoms with Crippen LogP contribution in [0.15, 0.2) is 9.59 Å². The molecule has 0 fully saturated rings. The first-order valence-electron chi connectivity index (χ1n) is 5.55. The van der Waals surface area contributed by atoms with Gasteiger partial charge in [0.2, 0.25) is 5.82 Å². The van der Waals surface area contributed by atoms with Gasteiger partial charge >= 0.3 is 5.69 Å². The normalized spacial score (nSPS) is 13.5. The van der Waals surface area contributed by atoms with Gasteiger partial charge in [0.25, 0.3) is 5.56 Å². The number of anilines is 1. The Labute approximate surface area is 100 Å². The summed E-state index contributed by atoms with van der Waals surface area (Å²) in [5.74, 6) is 0.206. The first kappa shape index (κ1) is 13.5. The van der Waals surface area contributed by atoms with Crippen molar-refractivity contribution in [3.05, 3.63) is 20.8 Å². The number of hydrogen-bond acceptors (Lipinski definition) is 4. The average Bonchev–Trinajstić information content (AvgIpc) is 2.21. The summed E-state index contributed by atoms with van der Waals surface area (Å²) in [5.41, 5.74) is -0.824. The lowest BCUT2D eigenvalue weighted by atomic mass is 9.88. The molecule has 0 aliphatic heterocycles. The molecule has 0 spiro atoms. The minimum absolute atomic E-state index is 0.00139. The Hall–Kier alpha value is -1.59. The fraction of sp³-hybridized carbons (Fsp3) is 0.727. The van der Waals surface area contributed by atoms with E-state index in [4.69, 9.17) is 0 Å². The Balaban J connectivity index is 3.18. The van der Waals surface area contributed by atoms with Crippen molar-refractivity contribution in [3.8, 4) is 0 Å². The van der Waals surface area contributed by atoms with Crippen molar-refractivity contribution >= 4 is 5.82 Å². The molecule has 1 atom stereocenters. The van der Waals surface area contributed by atoms with Crippen LogP contribution >= 0.6 is 0 Å². The van der Waals surface area contributed by atoms with E-state index in [0.29, 0.717) is 0 Å². The lowest BCUT2D eigenvalue weighted by molar-refractivity contribution is 0.357. The van der Waals surface area contributed by atoms with Crippen LogP contribution in [-0.2, 0) is 14.1 Å². The highest BCUT2D eigenvalue weighted by Crippen LogP contribution is 2.20. The van der Waals surface area contributed by atoms with Gasteiger partial charge in [0.05, 0.1) is 0 Å². The summed E-state index contributed by atoms with van der Waals surface area (Å²) in [6, 6.07) is 0.0696. The third-order valence-corrected chi connectivity index (χ3v) is 2.97. The highest BCUT2D eigenvalue weighted by molar-refractivity contribution is 5.31. The zero-order valence-electron chi connectivity index (χ0n) is 11.2. The summed E-state index contributed by atoms with van der Waals surface area (Å²) < 4.78 is 2.20. The first-order valence-corrected chi connectivity index (χ1v) is 5.55. The Bertz CT molecular complexity index is 522. The van der Waals surface area contributed by atoms with Gasteiger partial charge in [-0.1, -0.05) is 20.8 Å². The second-order valence-corrected chi connectivity index (χ2v) is 5.35. The standard InChI is InChI=1S/C11H20N4O2/c1-7(11(2,3)4)12-8-9(16)14(5)10(17)15(6)13-8/h7H,1-6H3,(H,12,13). The molecule has 1 rings (SSSR count). The van der Waals surface area contributed by atoms with E-state index in [1.807, 2.05) is 6.92 Å². The molecular formula is C11H20N4O2. The number of aromatic nitrogens is 3. The van der Waals surface area contributed by atoms with Crippen molar-refractivity contribution in [2.75, 3.05) is 5.32 Å². The van der Waals surface area contributed by atoms with Crippen molar-refractivity contribution in [2.24, 2.45) is 19.5 Å². The SMILES string of the molecule is CC(Nc1nn(C)c(=O)n(C)c1=O)C(C)(C)C. The monoisotopic (exact) mass is 240 g/mol. The van der Waals surface area contributed by atoms with Crippen LogP contribution in [0.3, 0.4) is 0 Å². The molecule has 6 heteroatoms. The van der Waals surface area contributed by atoms with E-state index in [9.17, 15) is 9.59 Å². The zero-order chi connectivity index (χ0) is 13.4. The number of rotatable bonds is 2. The van der Waals surface area contributed by atoms with Crippen molar-refractivity contribution in [3.63, 3.8) is 0 Å². The van der Waals surface area contributed by atoms with Gasteiger partial charge in [0, 0.05) is 20.1 Å². The van der Waals surface area contributed by atoms with Crippen molar-refractivity contribution in [2.45, 2.75) is 33.7 Å². The van der Waals surface area contributed by atoms with Gasteiger partial charge in [-0.2, -0.15) is 0 Å². The van der Waals surface area contributed by atoms with Crippen LogP contribution in [0.2, 0.25) is 0 Å². The molecule has 0 bridgehead atoms. The van der Waals surface area contributed by atoms with E-state index < -0.39 is 11.2 Å². The minimum atomic E-state index is -0.427. The predicted molar refractivity (Wildman–Crippen MR) is 67.3 cm³/mol. The Morgan fingerprint density at radius 3 is 2.24 bits per heavy atom. The van der Waals surface area contributed by atoms with Gasteiger partial charge in [-0.25, -0.2) is 9.48 Å². The van der Waals surface area contributed by atoms with Crippen LogP contribution in [0.1, 0.15) is 27.7 Å². The van der Waals surface area contributed by atoms with Crippen molar-refractivity contribution in [1.29, 1.82) is 0 Å². The fourth-order valence-corrected chi connectivity index (χ4v) is 1.21. The number of hydrogen-bond donors (Lipinski definition) is 1.